The normalized spacial score (nSPS) is 23.2. The first-order chi connectivity index (χ1) is 11.9. The van der Waals surface area contributed by atoms with E-state index in [1.165, 1.54) is 38.5 Å². The molecular formula is C16H21NO7S. The molecule has 25 heavy (non-hydrogen) atoms. The van der Waals surface area contributed by atoms with E-state index >= 15 is 0 Å². The van der Waals surface area contributed by atoms with Crippen molar-refractivity contribution in [1.82, 2.24) is 4.72 Å². The van der Waals surface area contributed by atoms with Crippen LogP contribution in [0.3, 0.4) is 0 Å². The third-order valence-corrected chi connectivity index (χ3v) is 5.19. The summed E-state index contributed by atoms with van der Waals surface area (Å²) in [6, 6.07) is 5.16. The minimum absolute atomic E-state index is 0.0125. The molecule has 0 aromatic heterocycles. The van der Waals surface area contributed by atoms with Crippen molar-refractivity contribution in [2.45, 2.75) is 29.6 Å². The maximum absolute atomic E-state index is 12.5. The van der Waals surface area contributed by atoms with Crippen LogP contribution in [0.15, 0.2) is 41.3 Å². The Morgan fingerprint density at radius 3 is 2.48 bits per heavy atom. The number of esters is 1. The molecule has 1 aliphatic rings. The van der Waals surface area contributed by atoms with Gasteiger partial charge < -0.3 is 19.3 Å². The van der Waals surface area contributed by atoms with Crippen molar-refractivity contribution in [2.75, 3.05) is 20.8 Å². The Morgan fingerprint density at radius 1 is 1.24 bits per heavy atom. The van der Waals surface area contributed by atoms with Gasteiger partial charge in [-0.1, -0.05) is 12.2 Å². The smallest absolute Gasteiger partial charge is 0.308 e. The molecule has 9 heteroatoms. The number of rotatable bonds is 7. The molecule has 0 aliphatic carbocycles. The summed E-state index contributed by atoms with van der Waals surface area (Å²) in [7, 11) is -1.06. The molecule has 1 aromatic carbocycles. The van der Waals surface area contributed by atoms with Gasteiger partial charge in [-0.25, -0.2) is 13.1 Å². The van der Waals surface area contributed by atoms with Gasteiger partial charge in [0.2, 0.25) is 10.0 Å². The number of sulfonamides is 1. The van der Waals surface area contributed by atoms with E-state index in [4.69, 9.17) is 9.47 Å². The second-order valence-corrected chi connectivity index (χ2v) is 7.10. The summed E-state index contributed by atoms with van der Waals surface area (Å²) in [5, 5.41) is 9.48. The highest BCUT2D eigenvalue weighted by molar-refractivity contribution is 7.89. The monoisotopic (exact) mass is 371 g/mol. The molecule has 3 atom stereocenters. The molecule has 138 valence electrons. The van der Waals surface area contributed by atoms with E-state index < -0.39 is 40.8 Å². The van der Waals surface area contributed by atoms with Crippen molar-refractivity contribution in [1.29, 1.82) is 0 Å². The first-order valence-electron chi connectivity index (χ1n) is 7.57. The van der Waals surface area contributed by atoms with Crippen molar-refractivity contribution in [2.24, 2.45) is 0 Å². The van der Waals surface area contributed by atoms with Gasteiger partial charge in [-0.2, -0.15) is 0 Å². The highest BCUT2D eigenvalue weighted by Crippen LogP contribution is 2.20. The fourth-order valence-corrected chi connectivity index (χ4v) is 3.58. The lowest BCUT2D eigenvalue weighted by Crippen LogP contribution is -2.48. The highest BCUT2D eigenvalue weighted by atomic mass is 32.2. The van der Waals surface area contributed by atoms with Gasteiger partial charge >= 0.3 is 5.97 Å². The number of nitrogens with one attached hydrogen (secondary N) is 1. The van der Waals surface area contributed by atoms with Crippen LogP contribution in [-0.4, -0.2) is 58.6 Å². The summed E-state index contributed by atoms with van der Waals surface area (Å²) in [6.07, 6.45) is 1.74. The summed E-state index contributed by atoms with van der Waals surface area (Å²) in [5.41, 5.74) is 0. The molecule has 0 spiro atoms. The fraction of sp³-hybridized carbons (Fsp3) is 0.438. The van der Waals surface area contributed by atoms with Crippen molar-refractivity contribution in [3.8, 4) is 5.75 Å². The Labute approximate surface area is 146 Å². The topological polar surface area (TPSA) is 111 Å². The van der Waals surface area contributed by atoms with Crippen molar-refractivity contribution >= 4 is 16.0 Å². The van der Waals surface area contributed by atoms with E-state index in [0.29, 0.717) is 5.75 Å². The molecule has 1 heterocycles. The number of carbonyl (C=O) groups excluding carboxylic acids is 1. The molecule has 1 aromatic rings. The van der Waals surface area contributed by atoms with Crippen LogP contribution >= 0.6 is 0 Å². The molecule has 0 radical (unpaired) electrons. The summed E-state index contributed by atoms with van der Waals surface area (Å²) in [6.45, 7) is -0.405. The van der Waals surface area contributed by atoms with Crippen LogP contribution in [0, 0.1) is 0 Å². The van der Waals surface area contributed by atoms with Gasteiger partial charge in [0.05, 0.1) is 44.3 Å². The van der Waals surface area contributed by atoms with E-state index in [-0.39, 0.29) is 11.3 Å². The predicted molar refractivity (Wildman–Crippen MR) is 88.6 cm³/mol. The first-order valence-corrected chi connectivity index (χ1v) is 9.05. The molecule has 0 saturated carbocycles. The van der Waals surface area contributed by atoms with Gasteiger partial charge in [0.15, 0.2) is 0 Å². The lowest BCUT2D eigenvalue weighted by Gasteiger charge is -2.31. The number of benzene rings is 1. The van der Waals surface area contributed by atoms with Crippen LogP contribution in [-0.2, 0) is 24.3 Å². The predicted octanol–water partition coefficient (Wildman–Crippen LogP) is 0.221. The Morgan fingerprint density at radius 2 is 1.92 bits per heavy atom. The summed E-state index contributed by atoms with van der Waals surface area (Å²) in [4.78, 5) is 11.4. The van der Waals surface area contributed by atoms with Crippen molar-refractivity contribution < 1.29 is 32.5 Å². The molecule has 8 nitrogen and oxygen atoms in total. The van der Waals surface area contributed by atoms with Crippen LogP contribution in [0.2, 0.25) is 0 Å². The molecule has 2 N–H and O–H groups in total. The van der Waals surface area contributed by atoms with Crippen molar-refractivity contribution in [3.05, 3.63) is 36.4 Å². The molecule has 2 rings (SSSR count). The molecule has 0 bridgehead atoms. The number of aliphatic hydroxyl groups is 1. The van der Waals surface area contributed by atoms with Crippen molar-refractivity contribution in [3.63, 3.8) is 0 Å². The van der Waals surface area contributed by atoms with Gasteiger partial charge in [0.25, 0.3) is 0 Å². The molecule has 0 fully saturated rings. The van der Waals surface area contributed by atoms with E-state index in [2.05, 4.69) is 9.46 Å². The molecule has 0 amide bonds. The van der Waals surface area contributed by atoms with E-state index in [1.807, 2.05) is 0 Å². The Hall–Kier alpha value is -1.94. The lowest BCUT2D eigenvalue weighted by molar-refractivity contribution is -0.144. The first kappa shape index (κ1) is 19.4. The van der Waals surface area contributed by atoms with Gasteiger partial charge in [0, 0.05) is 0 Å². The zero-order valence-corrected chi connectivity index (χ0v) is 14.7. The number of aliphatic hydroxyl groups excluding tert-OH is 1. The van der Waals surface area contributed by atoms with E-state index in [9.17, 15) is 18.3 Å². The minimum Gasteiger partial charge on any atom is -0.497 e. The Kier molecular flexibility index (Phi) is 6.54. The Balaban J connectivity index is 2.11. The maximum atomic E-state index is 12.5. The quantitative estimate of drug-likeness (QED) is 0.521. The molecular weight excluding hydrogens is 350 g/mol. The third-order valence-electron chi connectivity index (χ3n) is 3.72. The SMILES string of the molecule is COC(=O)C[C@@H]1C=C[C@@H](NS(=O)(=O)c2ccc(OC)cc2)[C@@H](CO)O1. The van der Waals surface area contributed by atoms with Gasteiger partial charge in [-0.05, 0) is 24.3 Å². The summed E-state index contributed by atoms with van der Waals surface area (Å²) in [5.74, 6) is 0.0855. The molecule has 0 unspecified atom stereocenters. The summed E-state index contributed by atoms with van der Waals surface area (Å²) >= 11 is 0. The van der Waals surface area contributed by atoms with Crippen LogP contribution in [0.5, 0.6) is 5.75 Å². The maximum Gasteiger partial charge on any atom is 0.308 e. The average molecular weight is 371 g/mol. The highest BCUT2D eigenvalue weighted by Gasteiger charge is 2.31. The van der Waals surface area contributed by atoms with Gasteiger partial charge in [-0.3, -0.25) is 4.79 Å². The minimum atomic E-state index is -3.81. The lowest BCUT2D eigenvalue weighted by atomic mass is 10.1. The van der Waals surface area contributed by atoms with Crippen LogP contribution in [0.4, 0.5) is 0 Å². The molecule has 0 saturated heterocycles. The molecule has 1 aliphatic heterocycles. The number of hydrogen-bond donors (Lipinski definition) is 2. The van der Waals surface area contributed by atoms with Crippen LogP contribution in [0.25, 0.3) is 0 Å². The zero-order chi connectivity index (χ0) is 18.4. The van der Waals surface area contributed by atoms with E-state index in [0.717, 1.165) is 0 Å². The Bertz CT molecular complexity index is 715. The summed E-state index contributed by atoms with van der Waals surface area (Å²) < 4.78 is 42.5. The standard InChI is InChI=1S/C16H21NO7S/c1-22-11-3-6-13(7-4-11)25(20,21)17-14-8-5-12(9-16(19)23-2)24-15(14)10-18/h3-8,12,14-15,17-18H,9-10H2,1-2H3/t12-,14+,15+/m0/s1. The average Bonchev–Trinajstić information content (AvgIpc) is 2.62. The van der Waals surface area contributed by atoms with Gasteiger partial charge in [0.1, 0.15) is 11.9 Å². The largest absolute Gasteiger partial charge is 0.497 e. The van der Waals surface area contributed by atoms with Crippen LogP contribution in [0.1, 0.15) is 6.42 Å². The fourth-order valence-electron chi connectivity index (χ4n) is 2.36. The van der Waals surface area contributed by atoms with Crippen LogP contribution < -0.4 is 9.46 Å². The number of hydrogen-bond acceptors (Lipinski definition) is 7. The zero-order valence-electron chi connectivity index (χ0n) is 13.9. The second-order valence-electron chi connectivity index (χ2n) is 5.38. The van der Waals surface area contributed by atoms with Gasteiger partial charge in [-0.15, -0.1) is 0 Å². The van der Waals surface area contributed by atoms with E-state index in [1.54, 1.807) is 12.2 Å². The number of ether oxygens (including phenoxy) is 3. The number of methoxy groups -OCH3 is 2. The third kappa shape index (κ3) is 5.02. The second kappa shape index (κ2) is 8.43. The number of carbonyl (C=O) groups is 1.